The molecule has 0 spiro atoms. The molecule has 108 valence electrons. The van der Waals surface area contributed by atoms with Crippen LogP contribution in [0.1, 0.15) is 24.7 Å². The maximum Gasteiger partial charge on any atom is 0.213 e. The minimum absolute atomic E-state index is 0.193. The van der Waals surface area contributed by atoms with Crippen molar-refractivity contribution in [3.05, 3.63) is 40.0 Å². The van der Waals surface area contributed by atoms with E-state index in [1.807, 2.05) is 6.07 Å². The van der Waals surface area contributed by atoms with Gasteiger partial charge in [-0.3, -0.25) is 0 Å². The summed E-state index contributed by atoms with van der Waals surface area (Å²) in [6.45, 7) is 3.84. The van der Waals surface area contributed by atoms with Crippen molar-refractivity contribution in [3.8, 4) is 5.75 Å². The zero-order valence-electron chi connectivity index (χ0n) is 11.0. The van der Waals surface area contributed by atoms with Crippen LogP contribution < -0.4 is 10.1 Å². The van der Waals surface area contributed by atoms with Gasteiger partial charge in [-0.15, -0.1) is 0 Å². The molecule has 0 saturated heterocycles. The molecule has 0 aliphatic heterocycles. The molecule has 1 aromatic heterocycles. The molecule has 2 aromatic rings. The molecule has 0 atom stereocenters. The third kappa shape index (κ3) is 4.10. The number of hydrogen-bond acceptors (Lipinski definition) is 5. The lowest BCUT2D eigenvalue weighted by Crippen LogP contribution is -2.15. The molecule has 1 aromatic carbocycles. The van der Waals surface area contributed by atoms with E-state index in [1.165, 1.54) is 6.39 Å². The monoisotopic (exact) mass is 315 g/mol. The fourth-order valence-corrected chi connectivity index (χ4v) is 2.29. The fraction of sp³-hybridized carbons (Fsp3) is 0.385. The summed E-state index contributed by atoms with van der Waals surface area (Å²) >= 11 is 12.2. The molecule has 20 heavy (non-hydrogen) atoms. The number of aromatic nitrogens is 2. The van der Waals surface area contributed by atoms with Crippen molar-refractivity contribution in [2.75, 3.05) is 6.54 Å². The summed E-state index contributed by atoms with van der Waals surface area (Å²) < 4.78 is 10.3. The first kappa shape index (κ1) is 15.1. The van der Waals surface area contributed by atoms with Gasteiger partial charge >= 0.3 is 0 Å². The second-order valence-corrected chi connectivity index (χ2v) is 5.03. The van der Waals surface area contributed by atoms with Gasteiger partial charge in [0.05, 0.1) is 5.02 Å². The topological polar surface area (TPSA) is 60.2 Å². The molecule has 0 saturated carbocycles. The predicted molar refractivity (Wildman–Crippen MR) is 77.1 cm³/mol. The Balaban J connectivity index is 2.11. The van der Waals surface area contributed by atoms with E-state index < -0.39 is 0 Å². The SMILES string of the molecule is CCCNCc1cc(Cl)cc(Cl)c1OCc1ncon1. The summed E-state index contributed by atoms with van der Waals surface area (Å²) in [5.74, 6) is 1.05. The summed E-state index contributed by atoms with van der Waals surface area (Å²) in [5, 5.41) is 8.03. The number of nitrogens with one attached hydrogen (secondary N) is 1. The van der Waals surface area contributed by atoms with Crippen LogP contribution in [0.2, 0.25) is 10.0 Å². The molecule has 1 N–H and O–H groups in total. The molecular weight excluding hydrogens is 301 g/mol. The first-order valence-corrected chi connectivity index (χ1v) is 7.03. The van der Waals surface area contributed by atoms with Crippen molar-refractivity contribution in [2.45, 2.75) is 26.5 Å². The Hall–Kier alpha value is -1.30. The van der Waals surface area contributed by atoms with Crippen LogP contribution in [-0.4, -0.2) is 16.7 Å². The molecule has 0 amide bonds. The van der Waals surface area contributed by atoms with E-state index in [0.29, 0.717) is 28.2 Å². The standard InChI is InChI=1S/C13H15Cl2N3O2/c1-2-3-16-6-9-4-10(14)5-11(15)13(9)19-7-12-17-8-20-18-12/h4-5,8,16H,2-3,6-7H2,1H3. The number of ether oxygens (including phenoxy) is 1. The molecule has 7 heteroatoms. The van der Waals surface area contributed by atoms with Crippen molar-refractivity contribution < 1.29 is 9.26 Å². The van der Waals surface area contributed by atoms with Crippen molar-refractivity contribution in [3.63, 3.8) is 0 Å². The van der Waals surface area contributed by atoms with Crippen molar-refractivity contribution in [2.24, 2.45) is 0 Å². The van der Waals surface area contributed by atoms with Gasteiger partial charge in [0, 0.05) is 17.1 Å². The second kappa shape index (κ2) is 7.47. The molecule has 0 aliphatic rings. The normalized spacial score (nSPS) is 10.8. The van der Waals surface area contributed by atoms with Crippen LogP contribution in [0.25, 0.3) is 0 Å². The molecule has 0 radical (unpaired) electrons. The van der Waals surface area contributed by atoms with Crippen LogP contribution >= 0.6 is 23.2 Å². The largest absolute Gasteiger partial charge is 0.484 e. The number of halogens is 2. The average Bonchev–Trinajstić information content (AvgIpc) is 2.91. The van der Waals surface area contributed by atoms with E-state index >= 15 is 0 Å². The van der Waals surface area contributed by atoms with Crippen LogP contribution in [0.15, 0.2) is 23.0 Å². The van der Waals surface area contributed by atoms with E-state index in [2.05, 4.69) is 26.9 Å². The van der Waals surface area contributed by atoms with E-state index in [9.17, 15) is 0 Å². The maximum atomic E-state index is 6.19. The Labute approximate surface area is 127 Å². The van der Waals surface area contributed by atoms with Crippen molar-refractivity contribution >= 4 is 23.2 Å². The van der Waals surface area contributed by atoms with Crippen molar-refractivity contribution in [1.29, 1.82) is 0 Å². The van der Waals surface area contributed by atoms with Gasteiger partial charge in [0.1, 0.15) is 5.75 Å². The van der Waals surface area contributed by atoms with Gasteiger partial charge < -0.3 is 14.6 Å². The van der Waals surface area contributed by atoms with Gasteiger partial charge in [0.2, 0.25) is 12.2 Å². The molecule has 0 bridgehead atoms. The third-order valence-corrected chi connectivity index (χ3v) is 3.08. The minimum Gasteiger partial charge on any atom is -0.484 e. The predicted octanol–water partition coefficient (Wildman–Crippen LogP) is 3.46. The number of benzene rings is 1. The van der Waals surface area contributed by atoms with E-state index in [1.54, 1.807) is 6.07 Å². The highest BCUT2D eigenvalue weighted by Crippen LogP contribution is 2.32. The summed E-state index contributed by atoms with van der Waals surface area (Å²) in [7, 11) is 0. The molecule has 1 heterocycles. The zero-order valence-corrected chi connectivity index (χ0v) is 12.5. The summed E-state index contributed by atoms with van der Waals surface area (Å²) in [6.07, 6.45) is 2.30. The minimum atomic E-state index is 0.193. The second-order valence-electron chi connectivity index (χ2n) is 4.19. The highest BCUT2D eigenvalue weighted by atomic mass is 35.5. The van der Waals surface area contributed by atoms with Crippen LogP contribution in [0.5, 0.6) is 5.75 Å². The number of hydrogen-bond donors (Lipinski definition) is 1. The van der Waals surface area contributed by atoms with Gasteiger partial charge in [-0.2, -0.15) is 4.98 Å². The van der Waals surface area contributed by atoms with Crippen LogP contribution in [0.4, 0.5) is 0 Å². The lowest BCUT2D eigenvalue weighted by molar-refractivity contribution is 0.283. The molecular formula is C13H15Cl2N3O2. The van der Waals surface area contributed by atoms with E-state index in [0.717, 1.165) is 18.5 Å². The fourth-order valence-electron chi connectivity index (χ4n) is 1.70. The Morgan fingerprint density at radius 2 is 2.20 bits per heavy atom. The molecule has 0 aliphatic carbocycles. The molecule has 2 rings (SSSR count). The molecule has 0 fully saturated rings. The lowest BCUT2D eigenvalue weighted by Gasteiger charge is -2.13. The average molecular weight is 316 g/mol. The smallest absolute Gasteiger partial charge is 0.213 e. The van der Waals surface area contributed by atoms with Crippen LogP contribution in [-0.2, 0) is 13.2 Å². The number of rotatable bonds is 7. The van der Waals surface area contributed by atoms with E-state index in [4.69, 9.17) is 27.9 Å². The van der Waals surface area contributed by atoms with Crippen LogP contribution in [0.3, 0.4) is 0 Å². The quantitative estimate of drug-likeness (QED) is 0.793. The van der Waals surface area contributed by atoms with Crippen LogP contribution in [0, 0.1) is 0 Å². The Morgan fingerprint density at radius 3 is 2.90 bits per heavy atom. The highest BCUT2D eigenvalue weighted by Gasteiger charge is 2.12. The molecule has 0 unspecified atom stereocenters. The molecule has 5 nitrogen and oxygen atoms in total. The summed E-state index contributed by atoms with van der Waals surface area (Å²) in [6, 6.07) is 3.49. The first-order valence-electron chi connectivity index (χ1n) is 6.27. The summed E-state index contributed by atoms with van der Waals surface area (Å²) in [5.41, 5.74) is 0.902. The Morgan fingerprint density at radius 1 is 1.35 bits per heavy atom. The number of nitrogens with zero attached hydrogens (tertiary/aromatic N) is 2. The maximum absolute atomic E-state index is 6.19. The van der Waals surface area contributed by atoms with Gasteiger partial charge in [-0.1, -0.05) is 35.3 Å². The summed E-state index contributed by atoms with van der Waals surface area (Å²) in [4.78, 5) is 3.90. The van der Waals surface area contributed by atoms with Gasteiger partial charge in [0.15, 0.2) is 6.61 Å². The third-order valence-electron chi connectivity index (χ3n) is 2.58. The van der Waals surface area contributed by atoms with Crippen molar-refractivity contribution in [1.82, 2.24) is 15.5 Å². The highest BCUT2D eigenvalue weighted by molar-refractivity contribution is 6.35. The Bertz CT molecular complexity index is 547. The lowest BCUT2D eigenvalue weighted by atomic mass is 10.2. The van der Waals surface area contributed by atoms with Gasteiger partial charge in [-0.25, -0.2) is 0 Å². The van der Waals surface area contributed by atoms with E-state index in [-0.39, 0.29) is 6.61 Å². The van der Waals surface area contributed by atoms with Gasteiger partial charge in [-0.05, 0) is 25.1 Å². The first-order chi connectivity index (χ1) is 9.70. The Kier molecular flexibility index (Phi) is 5.64. The zero-order chi connectivity index (χ0) is 14.4. The van der Waals surface area contributed by atoms with Gasteiger partial charge in [0.25, 0.3) is 0 Å².